The summed E-state index contributed by atoms with van der Waals surface area (Å²) in [5.74, 6) is 1.29. The Morgan fingerprint density at radius 2 is 2.35 bits per heavy atom. The van der Waals surface area contributed by atoms with Gasteiger partial charge in [-0.25, -0.2) is 4.98 Å². The Bertz CT molecular complexity index is 504. The maximum atomic E-state index is 11.5. The molecule has 0 aromatic carbocycles. The number of hydrogen-bond acceptors (Lipinski definition) is 5. The Labute approximate surface area is 119 Å². The summed E-state index contributed by atoms with van der Waals surface area (Å²) in [6.45, 7) is 8.27. The van der Waals surface area contributed by atoms with E-state index in [-0.39, 0.29) is 5.91 Å². The Hall–Kier alpha value is -1.85. The van der Waals surface area contributed by atoms with Crippen LogP contribution in [0, 0.1) is 12.3 Å². The fraction of sp³-hybridized carbons (Fsp3) is 0.643. The van der Waals surface area contributed by atoms with Gasteiger partial charge in [-0.2, -0.15) is 4.98 Å². The molecule has 3 N–H and O–H groups in total. The normalized spacial score (nSPS) is 22.1. The summed E-state index contributed by atoms with van der Waals surface area (Å²) in [5, 5.41) is 3.19. The number of aromatic nitrogens is 2. The number of carbonyl (C=O) groups is 1. The van der Waals surface area contributed by atoms with E-state index in [4.69, 9.17) is 5.73 Å². The molecule has 1 aliphatic heterocycles. The summed E-state index contributed by atoms with van der Waals surface area (Å²) in [4.78, 5) is 22.5. The minimum absolute atomic E-state index is 0.240. The van der Waals surface area contributed by atoms with E-state index < -0.39 is 5.41 Å². The molecule has 1 fully saturated rings. The predicted molar refractivity (Wildman–Crippen MR) is 79.7 cm³/mol. The topological polar surface area (TPSA) is 84.1 Å². The van der Waals surface area contributed by atoms with Crippen molar-refractivity contribution in [2.45, 2.75) is 33.6 Å². The number of rotatable bonds is 5. The van der Waals surface area contributed by atoms with Crippen molar-refractivity contribution in [3.05, 3.63) is 11.8 Å². The van der Waals surface area contributed by atoms with E-state index in [1.165, 1.54) is 0 Å². The third-order valence-corrected chi connectivity index (χ3v) is 3.85. The first-order valence-corrected chi connectivity index (χ1v) is 7.08. The molecular weight excluding hydrogens is 254 g/mol. The van der Waals surface area contributed by atoms with Crippen LogP contribution in [0.4, 0.5) is 11.8 Å². The predicted octanol–water partition coefficient (Wildman–Crippen LogP) is 1.31. The Morgan fingerprint density at radius 1 is 1.60 bits per heavy atom. The zero-order valence-corrected chi connectivity index (χ0v) is 12.4. The van der Waals surface area contributed by atoms with Crippen LogP contribution in [-0.2, 0) is 4.79 Å². The van der Waals surface area contributed by atoms with Crippen LogP contribution in [0.25, 0.3) is 0 Å². The highest BCUT2D eigenvalue weighted by atomic mass is 16.1. The van der Waals surface area contributed by atoms with E-state index in [9.17, 15) is 4.79 Å². The highest BCUT2D eigenvalue weighted by molar-refractivity contribution is 5.82. The van der Waals surface area contributed by atoms with Gasteiger partial charge in [0.2, 0.25) is 11.9 Å². The highest BCUT2D eigenvalue weighted by Crippen LogP contribution is 2.33. The molecule has 1 atom stereocenters. The van der Waals surface area contributed by atoms with Gasteiger partial charge < -0.3 is 16.0 Å². The van der Waals surface area contributed by atoms with Gasteiger partial charge in [-0.1, -0.05) is 6.92 Å². The van der Waals surface area contributed by atoms with Gasteiger partial charge in [-0.05, 0) is 26.7 Å². The molecule has 0 radical (unpaired) electrons. The van der Waals surface area contributed by atoms with Gasteiger partial charge in [-0.15, -0.1) is 0 Å². The van der Waals surface area contributed by atoms with Crippen LogP contribution < -0.4 is 16.0 Å². The molecule has 1 amide bonds. The van der Waals surface area contributed by atoms with Crippen molar-refractivity contribution in [1.29, 1.82) is 0 Å². The van der Waals surface area contributed by atoms with Crippen molar-refractivity contribution >= 4 is 17.7 Å². The van der Waals surface area contributed by atoms with Crippen LogP contribution in [0.1, 0.15) is 32.3 Å². The minimum atomic E-state index is -0.464. The lowest BCUT2D eigenvalue weighted by Crippen LogP contribution is -2.37. The number of nitrogens with zero attached hydrogens (tertiary/aromatic N) is 3. The van der Waals surface area contributed by atoms with Crippen molar-refractivity contribution in [2.75, 3.05) is 29.9 Å². The first-order chi connectivity index (χ1) is 9.46. The van der Waals surface area contributed by atoms with Gasteiger partial charge in [0.25, 0.3) is 0 Å². The second-order valence-corrected chi connectivity index (χ2v) is 5.72. The van der Waals surface area contributed by atoms with Crippen molar-refractivity contribution in [1.82, 2.24) is 9.97 Å². The largest absolute Gasteiger partial charge is 0.369 e. The molecule has 0 spiro atoms. The zero-order chi connectivity index (χ0) is 14.8. The van der Waals surface area contributed by atoms with Crippen molar-refractivity contribution in [3.8, 4) is 0 Å². The average Bonchev–Trinajstić information content (AvgIpc) is 2.82. The second kappa shape index (κ2) is 5.64. The molecule has 2 heterocycles. The third kappa shape index (κ3) is 2.84. The Morgan fingerprint density at radius 3 is 2.95 bits per heavy atom. The fourth-order valence-corrected chi connectivity index (χ4v) is 2.42. The van der Waals surface area contributed by atoms with Crippen LogP contribution in [0.3, 0.4) is 0 Å². The van der Waals surface area contributed by atoms with Gasteiger partial charge in [0.1, 0.15) is 5.82 Å². The summed E-state index contributed by atoms with van der Waals surface area (Å²) < 4.78 is 0. The van der Waals surface area contributed by atoms with Crippen LogP contribution in [0.15, 0.2) is 6.20 Å². The number of primary amides is 1. The summed E-state index contributed by atoms with van der Waals surface area (Å²) in [7, 11) is 0. The van der Waals surface area contributed by atoms with Crippen molar-refractivity contribution < 1.29 is 4.79 Å². The van der Waals surface area contributed by atoms with Gasteiger partial charge >= 0.3 is 0 Å². The number of anilines is 2. The van der Waals surface area contributed by atoms with Gasteiger partial charge in [0.05, 0.1) is 5.41 Å². The summed E-state index contributed by atoms with van der Waals surface area (Å²) in [6.07, 6.45) is 3.61. The lowest BCUT2D eigenvalue weighted by molar-refractivity contribution is -0.125. The molecule has 1 aliphatic rings. The minimum Gasteiger partial charge on any atom is -0.369 e. The molecule has 1 aromatic rings. The third-order valence-electron chi connectivity index (χ3n) is 3.85. The molecular formula is C14H23N5O. The van der Waals surface area contributed by atoms with Crippen LogP contribution in [-0.4, -0.2) is 35.5 Å². The molecule has 20 heavy (non-hydrogen) atoms. The lowest BCUT2D eigenvalue weighted by atomic mass is 9.89. The summed E-state index contributed by atoms with van der Waals surface area (Å²) in [6, 6.07) is 0. The number of nitrogens with one attached hydrogen (secondary N) is 1. The first-order valence-electron chi connectivity index (χ1n) is 7.08. The molecule has 1 aromatic heterocycles. The van der Waals surface area contributed by atoms with E-state index in [0.717, 1.165) is 37.3 Å². The van der Waals surface area contributed by atoms with Gasteiger partial charge in [0, 0.05) is 31.4 Å². The number of amides is 1. The fourth-order valence-electron chi connectivity index (χ4n) is 2.42. The quantitative estimate of drug-likeness (QED) is 0.847. The smallest absolute Gasteiger partial charge is 0.225 e. The lowest BCUT2D eigenvalue weighted by Gasteiger charge is -2.23. The molecule has 110 valence electrons. The SMILES string of the molecule is CCCNc1ncc(C)c(N2CCC(C)(C(N)=O)C2)n1. The molecule has 6 nitrogen and oxygen atoms in total. The van der Waals surface area contributed by atoms with E-state index in [1.54, 1.807) is 0 Å². The van der Waals surface area contributed by atoms with Crippen LogP contribution in [0.2, 0.25) is 0 Å². The van der Waals surface area contributed by atoms with Crippen LogP contribution >= 0.6 is 0 Å². The Kier molecular flexibility index (Phi) is 4.11. The highest BCUT2D eigenvalue weighted by Gasteiger charge is 2.39. The van der Waals surface area contributed by atoms with Crippen molar-refractivity contribution in [3.63, 3.8) is 0 Å². The maximum Gasteiger partial charge on any atom is 0.225 e. The molecule has 6 heteroatoms. The first kappa shape index (κ1) is 14.6. The summed E-state index contributed by atoms with van der Waals surface area (Å²) in [5.41, 5.74) is 6.05. The monoisotopic (exact) mass is 277 g/mol. The number of carbonyl (C=O) groups excluding carboxylic acids is 1. The van der Waals surface area contributed by atoms with Gasteiger partial charge in [0.15, 0.2) is 0 Å². The molecule has 2 rings (SSSR count). The molecule has 0 aliphatic carbocycles. The van der Waals surface area contributed by atoms with Crippen LogP contribution in [0.5, 0.6) is 0 Å². The van der Waals surface area contributed by atoms with E-state index in [1.807, 2.05) is 20.0 Å². The van der Waals surface area contributed by atoms with E-state index in [0.29, 0.717) is 12.5 Å². The second-order valence-electron chi connectivity index (χ2n) is 5.72. The molecule has 1 saturated heterocycles. The maximum absolute atomic E-state index is 11.5. The zero-order valence-electron chi connectivity index (χ0n) is 12.4. The van der Waals surface area contributed by atoms with Crippen molar-refractivity contribution in [2.24, 2.45) is 11.1 Å². The summed E-state index contributed by atoms with van der Waals surface area (Å²) >= 11 is 0. The molecule has 1 unspecified atom stereocenters. The standard InChI is InChI=1S/C14H23N5O/c1-4-6-16-13-17-8-10(2)11(18-13)19-7-5-14(3,9-19)12(15)20/h8H,4-7,9H2,1-3H3,(H2,15,20)(H,16,17,18). The van der Waals surface area contributed by atoms with E-state index >= 15 is 0 Å². The van der Waals surface area contributed by atoms with Gasteiger partial charge in [-0.3, -0.25) is 4.79 Å². The average molecular weight is 277 g/mol. The molecule has 0 saturated carbocycles. The Balaban J connectivity index is 2.18. The molecule has 0 bridgehead atoms. The van der Waals surface area contributed by atoms with E-state index in [2.05, 4.69) is 27.1 Å². The number of hydrogen-bond donors (Lipinski definition) is 2. The number of aryl methyl sites for hydroxylation is 1. The number of nitrogens with two attached hydrogens (primary N) is 1.